The highest BCUT2D eigenvalue weighted by molar-refractivity contribution is 6.32. The third-order valence-corrected chi connectivity index (χ3v) is 7.55. The minimum Gasteiger partial charge on any atom is -0.481 e. The second-order valence-electron chi connectivity index (χ2n) is 8.55. The number of benzene rings is 2. The molecule has 2 unspecified atom stereocenters. The van der Waals surface area contributed by atoms with Crippen LogP contribution >= 0.6 is 23.2 Å². The van der Waals surface area contributed by atoms with Gasteiger partial charge >= 0.3 is 0 Å². The van der Waals surface area contributed by atoms with E-state index in [-0.39, 0.29) is 6.04 Å². The number of halogens is 2. The minimum atomic E-state index is 0.0547. The summed E-state index contributed by atoms with van der Waals surface area (Å²) in [5.74, 6) is 1.14. The summed E-state index contributed by atoms with van der Waals surface area (Å²) in [6.07, 6.45) is 4.55. The van der Waals surface area contributed by atoms with Gasteiger partial charge in [0.05, 0.1) is 13.2 Å². The molecule has 5 rings (SSSR count). The molecule has 2 aliphatic rings. The number of rotatable bonds is 5. The van der Waals surface area contributed by atoms with E-state index in [0.29, 0.717) is 23.9 Å². The van der Waals surface area contributed by atoms with Crippen LogP contribution in [0.2, 0.25) is 10.0 Å². The van der Waals surface area contributed by atoms with E-state index in [1.807, 2.05) is 36.4 Å². The first-order valence-electron chi connectivity index (χ1n) is 10.9. The van der Waals surface area contributed by atoms with E-state index >= 15 is 0 Å². The Hall–Kier alpha value is -2.07. The summed E-state index contributed by atoms with van der Waals surface area (Å²) in [7, 11) is 1.68. The first-order valence-corrected chi connectivity index (χ1v) is 11.7. The highest BCUT2D eigenvalue weighted by Gasteiger charge is 2.46. The zero-order valence-electron chi connectivity index (χ0n) is 17.5. The molecule has 2 saturated heterocycles. The van der Waals surface area contributed by atoms with Crippen LogP contribution in [0.4, 0.5) is 0 Å². The summed E-state index contributed by atoms with van der Waals surface area (Å²) in [4.78, 5) is 7.42. The fraction of sp³-hybridized carbons (Fsp3) is 0.346. The van der Waals surface area contributed by atoms with Crippen LogP contribution in [0, 0.1) is 0 Å². The Morgan fingerprint density at radius 3 is 1.97 bits per heavy atom. The molecular weight excluding hydrogens is 427 g/mol. The second-order valence-corrected chi connectivity index (χ2v) is 9.37. The van der Waals surface area contributed by atoms with Gasteiger partial charge in [-0.15, -0.1) is 0 Å². The van der Waals surface area contributed by atoms with Gasteiger partial charge in [-0.25, -0.2) is 4.98 Å². The standard InChI is InChI=1S/C26H26Cl2N2O/c1-31-25-12-6-11-24(29-25)17-15-18-13-14-19(16-17)30(18)26(20-7-2-4-9-22(20)27)21-8-3-5-10-23(21)28/h2-12,17-19,26H,13-16H2,1H3. The molecule has 0 spiro atoms. The lowest BCUT2D eigenvalue weighted by Crippen LogP contribution is -2.45. The van der Waals surface area contributed by atoms with E-state index in [4.69, 9.17) is 32.9 Å². The summed E-state index contributed by atoms with van der Waals surface area (Å²) in [6, 6.07) is 23.5. The van der Waals surface area contributed by atoms with Crippen LogP contribution in [-0.4, -0.2) is 29.1 Å². The van der Waals surface area contributed by atoms with Crippen molar-refractivity contribution in [1.29, 1.82) is 0 Å². The number of hydrogen-bond donors (Lipinski definition) is 0. The van der Waals surface area contributed by atoms with Crippen LogP contribution in [-0.2, 0) is 0 Å². The molecule has 3 heterocycles. The number of fused-ring (bicyclic) bond motifs is 2. The van der Waals surface area contributed by atoms with E-state index in [9.17, 15) is 0 Å². The summed E-state index contributed by atoms with van der Waals surface area (Å²) in [5, 5.41) is 1.59. The Kier molecular flexibility index (Phi) is 5.92. The van der Waals surface area contributed by atoms with E-state index in [0.717, 1.165) is 39.7 Å². The van der Waals surface area contributed by atoms with Gasteiger partial charge in [-0.05, 0) is 55.0 Å². The van der Waals surface area contributed by atoms with Crippen molar-refractivity contribution < 1.29 is 4.74 Å². The van der Waals surface area contributed by atoms with Gasteiger partial charge in [-0.3, -0.25) is 4.90 Å². The molecule has 0 N–H and O–H groups in total. The Balaban J connectivity index is 1.52. The molecular formula is C26H26Cl2N2O. The zero-order valence-corrected chi connectivity index (χ0v) is 19.1. The molecule has 2 atom stereocenters. The molecule has 3 nitrogen and oxygen atoms in total. The summed E-state index contributed by atoms with van der Waals surface area (Å²) in [6.45, 7) is 0. The van der Waals surface area contributed by atoms with Gasteiger partial charge in [0.2, 0.25) is 5.88 Å². The van der Waals surface area contributed by atoms with Crippen molar-refractivity contribution in [3.05, 3.63) is 93.6 Å². The molecule has 0 amide bonds. The first-order chi connectivity index (χ1) is 15.2. The third kappa shape index (κ3) is 3.95. The molecule has 0 radical (unpaired) electrons. The Morgan fingerprint density at radius 2 is 1.42 bits per heavy atom. The van der Waals surface area contributed by atoms with Crippen LogP contribution < -0.4 is 4.74 Å². The normalized spacial score (nSPS) is 23.3. The Labute approximate surface area is 194 Å². The third-order valence-electron chi connectivity index (χ3n) is 6.86. The van der Waals surface area contributed by atoms with Crippen LogP contribution in [0.15, 0.2) is 66.7 Å². The van der Waals surface area contributed by atoms with Crippen LogP contribution in [0.1, 0.15) is 54.5 Å². The number of methoxy groups -OCH3 is 1. The van der Waals surface area contributed by atoms with Gasteiger partial charge in [0.1, 0.15) is 0 Å². The molecule has 31 heavy (non-hydrogen) atoms. The lowest BCUT2D eigenvalue weighted by atomic mass is 9.84. The monoisotopic (exact) mass is 452 g/mol. The van der Waals surface area contributed by atoms with Crippen LogP contribution in [0.3, 0.4) is 0 Å². The van der Waals surface area contributed by atoms with Crippen LogP contribution in [0.5, 0.6) is 5.88 Å². The second kappa shape index (κ2) is 8.82. The molecule has 1 aromatic heterocycles. The molecule has 160 valence electrons. The van der Waals surface area contributed by atoms with E-state index in [1.54, 1.807) is 7.11 Å². The molecule has 5 heteroatoms. The van der Waals surface area contributed by atoms with E-state index in [1.165, 1.54) is 12.8 Å². The van der Waals surface area contributed by atoms with Gasteiger partial charge in [-0.1, -0.05) is 65.7 Å². The highest BCUT2D eigenvalue weighted by atomic mass is 35.5. The predicted octanol–water partition coefficient (Wildman–Crippen LogP) is 6.90. The number of piperidine rings is 1. The van der Waals surface area contributed by atoms with Crippen molar-refractivity contribution >= 4 is 23.2 Å². The van der Waals surface area contributed by atoms with Gasteiger partial charge in [0.25, 0.3) is 0 Å². The largest absolute Gasteiger partial charge is 0.481 e. The number of ether oxygens (including phenoxy) is 1. The van der Waals surface area contributed by atoms with Gasteiger partial charge in [0.15, 0.2) is 0 Å². The predicted molar refractivity (Wildman–Crippen MR) is 126 cm³/mol. The smallest absolute Gasteiger partial charge is 0.213 e. The lowest BCUT2D eigenvalue weighted by Gasteiger charge is -2.44. The molecule has 2 bridgehead atoms. The maximum atomic E-state index is 6.72. The quantitative estimate of drug-likeness (QED) is 0.420. The Morgan fingerprint density at radius 1 is 0.839 bits per heavy atom. The first kappa shape index (κ1) is 20.8. The molecule has 0 aliphatic carbocycles. The number of aromatic nitrogens is 1. The minimum absolute atomic E-state index is 0.0547. The van der Waals surface area contributed by atoms with Crippen molar-refractivity contribution in [2.45, 2.75) is 49.7 Å². The number of hydrogen-bond acceptors (Lipinski definition) is 3. The van der Waals surface area contributed by atoms with Crippen molar-refractivity contribution in [2.75, 3.05) is 7.11 Å². The summed E-state index contributed by atoms with van der Waals surface area (Å²) in [5.41, 5.74) is 3.40. The van der Waals surface area contributed by atoms with Crippen molar-refractivity contribution in [3.8, 4) is 5.88 Å². The molecule has 0 saturated carbocycles. The molecule has 2 fully saturated rings. The van der Waals surface area contributed by atoms with Gasteiger partial charge in [-0.2, -0.15) is 0 Å². The average Bonchev–Trinajstić information content (AvgIpc) is 3.04. The lowest BCUT2D eigenvalue weighted by molar-refractivity contribution is 0.0925. The zero-order chi connectivity index (χ0) is 21.4. The van der Waals surface area contributed by atoms with E-state index < -0.39 is 0 Å². The van der Waals surface area contributed by atoms with Crippen molar-refractivity contribution in [3.63, 3.8) is 0 Å². The van der Waals surface area contributed by atoms with Crippen molar-refractivity contribution in [1.82, 2.24) is 9.88 Å². The average molecular weight is 453 g/mol. The maximum Gasteiger partial charge on any atom is 0.213 e. The highest BCUT2D eigenvalue weighted by Crippen LogP contribution is 2.50. The van der Waals surface area contributed by atoms with Crippen molar-refractivity contribution in [2.24, 2.45) is 0 Å². The Bertz CT molecular complexity index is 1010. The van der Waals surface area contributed by atoms with E-state index in [2.05, 4.69) is 35.2 Å². The summed E-state index contributed by atoms with van der Waals surface area (Å²) < 4.78 is 5.37. The molecule has 3 aromatic rings. The topological polar surface area (TPSA) is 25.4 Å². The fourth-order valence-corrected chi connectivity index (χ4v) is 6.01. The number of pyridine rings is 1. The van der Waals surface area contributed by atoms with Gasteiger partial charge in [0, 0.05) is 39.8 Å². The molecule has 2 aromatic carbocycles. The maximum absolute atomic E-state index is 6.72. The number of nitrogens with zero attached hydrogens (tertiary/aromatic N) is 2. The molecule has 2 aliphatic heterocycles. The SMILES string of the molecule is COc1cccc(C2CC3CCC(C2)N3C(c2ccccc2Cl)c2ccccc2Cl)n1. The van der Waals surface area contributed by atoms with Crippen LogP contribution in [0.25, 0.3) is 0 Å². The van der Waals surface area contributed by atoms with Gasteiger partial charge < -0.3 is 4.74 Å². The summed E-state index contributed by atoms with van der Waals surface area (Å²) >= 11 is 13.4. The fourth-order valence-electron chi connectivity index (χ4n) is 5.53.